The topological polar surface area (TPSA) is 96.5 Å². The first-order valence-corrected chi connectivity index (χ1v) is 11.1. The maximum atomic E-state index is 13.5. The number of hydrogen-bond acceptors (Lipinski definition) is 5. The third-order valence-corrected chi connectivity index (χ3v) is 6.17. The van der Waals surface area contributed by atoms with Gasteiger partial charge in [0.2, 0.25) is 11.8 Å². The highest BCUT2D eigenvalue weighted by molar-refractivity contribution is 6.10. The highest BCUT2D eigenvalue weighted by atomic mass is 16.5. The van der Waals surface area contributed by atoms with Crippen molar-refractivity contribution in [1.82, 2.24) is 5.32 Å². The summed E-state index contributed by atoms with van der Waals surface area (Å²) in [4.78, 5) is 38.6. The van der Waals surface area contributed by atoms with Crippen LogP contribution < -0.4 is 16.0 Å². The molecule has 0 saturated carbocycles. The van der Waals surface area contributed by atoms with Crippen LogP contribution in [-0.2, 0) is 19.9 Å². The summed E-state index contributed by atoms with van der Waals surface area (Å²) in [6.45, 7) is 6.32. The second-order valence-corrected chi connectivity index (χ2v) is 8.85. The molecule has 2 amide bonds. The van der Waals surface area contributed by atoms with Crippen LogP contribution in [0.2, 0.25) is 0 Å². The Morgan fingerprint density at radius 3 is 2.56 bits per heavy atom. The SMILES string of the molecule is CCOC(=O)c1ccc(NC(=O)C2CC(CC(C)C)NC23C(=O)Nc2ccccc23)cc1. The Balaban J connectivity index is 1.61. The number of ether oxygens (including phenoxy) is 1. The lowest BCUT2D eigenvalue weighted by Gasteiger charge is -2.29. The van der Waals surface area contributed by atoms with Gasteiger partial charge in [-0.05, 0) is 56.0 Å². The average Bonchev–Trinajstić information content (AvgIpc) is 3.27. The van der Waals surface area contributed by atoms with E-state index in [1.165, 1.54) is 0 Å². The zero-order chi connectivity index (χ0) is 22.9. The molecule has 0 bridgehead atoms. The standard InChI is InChI=1S/C25H29N3O4/c1-4-32-23(30)16-9-11-17(12-10-16)26-22(29)20-14-18(13-15(2)3)28-25(20)19-7-5-6-8-21(19)27-24(25)31/h5-12,15,18,20,28H,4,13-14H2,1-3H3,(H,26,29)(H,27,31). The fourth-order valence-corrected chi connectivity index (χ4v) is 4.87. The average molecular weight is 436 g/mol. The number of amides is 2. The van der Waals surface area contributed by atoms with E-state index in [0.29, 0.717) is 30.2 Å². The molecular formula is C25H29N3O4. The lowest BCUT2D eigenvalue weighted by molar-refractivity contribution is -0.130. The Labute approximate surface area is 187 Å². The van der Waals surface area contributed by atoms with E-state index in [1.54, 1.807) is 31.2 Å². The van der Waals surface area contributed by atoms with Crippen LogP contribution in [-0.4, -0.2) is 30.4 Å². The quantitative estimate of drug-likeness (QED) is 0.602. The van der Waals surface area contributed by atoms with Crippen molar-refractivity contribution in [2.75, 3.05) is 17.2 Å². The van der Waals surface area contributed by atoms with Gasteiger partial charge in [0, 0.05) is 23.0 Å². The van der Waals surface area contributed by atoms with Gasteiger partial charge in [-0.3, -0.25) is 14.9 Å². The van der Waals surface area contributed by atoms with Gasteiger partial charge in [0.05, 0.1) is 18.1 Å². The second-order valence-electron chi connectivity index (χ2n) is 8.85. The summed E-state index contributed by atoms with van der Waals surface area (Å²) < 4.78 is 5.00. The molecular weight excluding hydrogens is 406 g/mol. The monoisotopic (exact) mass is 435 g/mol. The second kappa shape index (κ2) is 8.74. The normalized spacial score (nSPS) is 23.8. The number of fused-ring (bicyclic) bond motifs is 2. The number of para-hydroxylation sites is 1. The van der Waals surface area contributed by atoms with Gasteiger partial charge in [-0.2, -0.15) is 0 Å². The molecule has 4 rings (SSSR count). The number of hydrogen-bond donors (Lipinski definition) is 3. The van der Waals surface area contributed by atoms with Gasteiger partial charge in [-0.15, -0.1) is 0 Å². The van der Waals surface area contributed by atoms with Crippen LogP contribution in [0, 0.1) is 11.8 Å². The maximum absolute atomic E-state index is 13.5. The molecule has 3 N–H and O–H groups in total. The van der Waals surface area contributed by atoms with E-state index >= 15 is 0 Å². The Morgan fingerprint density at radius 2 is 1.88 bits per heavy atom. The van der Waals surface area contributed by atoms with Gasteiger partial charge in [-0.1, -0.05) is 32.0 Å². The number of carbonyl (C=O) groups is 3. The van der Waals surface area contributed by atoms with Gasteiger partial charge in [0.25, 0.3) is 0 Å². The zero-order valence-electron chi connectivity index (χ0n) is 18.6. The van der Waals surface area contributed by atoms with Crippen molar-refractivity contribution in [2.45, 2.75) is 45.2 Å². The minimum absolute atomic E-state index is 0.0499. The maximum Gasteiger partial charge on any atom is 0.338 e. The highest BCUT2D eigenvalue weighted by Crippen LogP contribution is 2.48. The molecule has 1 saturated heterocycles. The largest absolute Gasteiger partial charge is 0.462 e. The van der Waals surface area contributed by atoms with Crippen LogP contribution >= 0.6 is 0 Å². The molecule has 2 aliphatic heterocycles. The summed E-state index contributed by atoms with van der Waals surface area (Å²) in [7, 11) is 0. The lowest BCUT2D eigenvalue weighted by atomic mass is 9.79. The fourth-order valence-electron chi connectivity index (χ4n) is 4.87. The van der Waals surface area contributed by atoms with Crippen molar-refractivity contribution < 1.29 is 19.1 Å². The minimum atomic E-state index is -1.09. The molecule has 3 unspecified atom stereocenters. The van der Waals surface area contributed by atoms with E-state index < -0.39 is 17.4 Å². The molecule has 0 radical (unpaired) electrons. The van der Waals surface area contributed by atoms with Gasteiger partial charge in [0.1, 0.15) is 5.54 Å². The smallest absolute Gasteiger partial charge is 0.338 e. The van der Waals surface area contributed by atoms with Crippen molar-refractivity contribution in [2.24, 2.45) is 11.8 Å². The van der Waals surface area contributed by atoms with Crippen molar-refractivity contribution in [3.63, 3.8) is 0 Å². The first-order chi connectivity index (χ1) is 15.3. The number of esters is 1. The number of benzene rings is 2. The molecule has 1 spiro atoms. The van der Waals surface area contributed by atoms with Crippen molar-refractivity contribution in [3.05, 3.63) is 59.7 Å². The van der Waals surface area contributed by atoms with Crippen LogP contribution in [0.5, 0.6) is 0 Å². The molecule has 0 aromatic heterocycles. The van der Waals surface area contributed by atoms with Crippen molar-refractivity contribution in [3.8, 4) is 0 Å². The number of carbonyl (C=O) groups excluding carboxylic acids is 3. The summed E-state index contributed by atoms with van der Waals surface area (Å²) >= 11 is 0. The highest BCUT2D eigenvalue weighted by Gasteiger charge is 2.59. The molecule has 168 valence electrons. The van der Waals surface area contributed by atoms with E-state index in [-0.39, 0.29) is 17.9 Å². The number of nitrogens with one attached hydrogen (secondary N) is 3. The van der Waals surface area contributed by atoms with Gasteiger partial charge in [0.15, 0.2) is 0 Å². The van der Waals surface area contributed by atoms with Crippen LogP contribution in [0.1, 0.15) is 49.5 Å². The van der Waals surface area contributed by atoms with E-state index in [9.17, 15) is 14.4 Å². The Hall–Kier alpha value is -3.19. The van der Waals surface area contributed by atoms with Crippen molar-refractivity contribution >= 4 is 29.2 Å². The van der Waals surface area contributed by atoms with E-state index in [1.807, 2.05) is 24.3 Å². The number of anilines is 2. The van der Waals surface area contributed by atoms with Crippen molar-refractivity contribution in [1.29, 1.82) is 0 Å². The summed E-state index contributed by atoms with van der Waals surface area (Å²) in [6, 6.07) is 14.2. The third kappa shape index (κ3) is 3.88. The van der Waals surface area contributed by atoms with E-state index in [2.05, 4.69) is 29.8 Å². The first-order valence-electron chi connectivity index (χ1n) is 11.1. The Morgan fingerprint density at radius 1 is 1.16 bits per heavy atom. The number of rotatable bonds is 6. The van der Waals surface area contributed by atoms with Gasteiger partial charge < -0.3 is 15.4 Å². The predicted molar refractivity (Wildman–Crippen MR) is 122 cm³/mol. The molecule has 2 aliphatic rings. The molecule has 2 aromatic rings. The van der Waals surface area contributed by atoms with Gasteiger partial charge in [-0.25, -0.2) is 4.79 Å². The Bertz CT molecular complexity index is 1030. The Kier molecular flexibility index (Phi) is 6.02. The summed E-state index contributed by atoms with van der Waals surface area (Å²) in [6.07, 6.45) is 1.43. The molecule has 7 nitrogen and oxygen atoms in total. The predicted octanol–water partition coefficient (Wildman–Crippen LogP) is 3.67. The van der Waals surface area contributed by atoms with Crippen LogP contribution in [0.15, 0.2) is 48.5 Å². The molecule has 1 fully saturated rings. The molecule has 2 aromatic carbocycles. The third-order valence-electron chi connectivity index (χ3n) is 6.17. The zero-order valence-corrected chi connectivity index (χ0v) is 18.6. The summed E-state index contributed by atoms with van der Waals surface area (Å²) in [5.41, 5.74) is 1.45. The van der Waals surface area contributed by atoms with E-state index in [4.69, 9.17) is 4.74 Å². The fraction of sp³-hybridized carbons (Fsp3) is 0.400. The molecule has 3 atom stereocenters. The summed E-state index contributed by atoms with van der Waals surface area (Å²) in [5, 5.41) is 9.42. The molecule has 0 aliphatic carbocycles. The minimum Gasteiger partial charge on any atom is -0.462 e. The van der Waals surface area contributed by atoms with Crippen LogP contribution in [0.3, 0.4) is 0 Å². The first kappa shape index (κ1) is 22.0. The van der Waals surface area contributed by atoms with E-state index in [0.717, 1.165) is 17.7 Å². The van der Waals surface area contributed by atoms with Gasteiger partial charge >= 0.3 is 5.97 Å². The van der Waals surface area contributed by atoms with Crippen LogP contribution in [0.25, 0.3) is 0 Å². The molecule has 7 heteroatoms. The lowest BCUT2D eigenvalue weighted by Crippen LogP contribution is -2.52. The van der Waals surface area contributed by atoms with Crippen LogP contribution in [0.4, 0.5) is 11.4 Å². The molecule has 2 heterocycles. The molecule has 32 heavy (non-hydrogen) atoms. The summed E-state index contributed by atoms with van der Waals surface area (Å²) in [5.74, 6) is -0.955.